The van der Waals surface area contributed by atoms with Gasteiger partial charge in [0.2, 0.25) is 5.91 Å². The molecular weight excluding hydrogens is 270 g/mol. The number of hydrogen-bond acceptors (Lipinski definition) is 3. The van der Waals surface area contributed by atoms with E-state index in [4.69, 9.17) is 0 Å². The molecule has 0 aliphatic carbocycles. The highest BCUT2D eigenvalue weighted by atomic mass is 16.2. The quantitative estimate of drug-likeness (QED) is 0.823. The second-order valence-electron chi connectivity index (χ2n) is 4.87. The van der Waals surface area contributed by atoms with Crippen molar-refractivity contribution in [2.45, 2.75) is 26.2 Å². The van der Waals surface area contributed by atoms with Gasteiger partial charge in [0.1, 0.15) is 0 Å². The molecule has 0 aromatic heterocycles. The van der Waals surface area contributed by atoms with E-state index in [0.717, 1.165) is 18.5 Å². The summed E-state index contributed by atoms with van der Waals surface area (Å²) in [5.74, 6) is -1.29. The predicted octanol–water partition coefficient (Wildman–Crippen LogP) is 1.28. The van der Waals surface area contributed by atoms with Crippen LogP contribution >= 0.6 is 0 Å². The number of benzene rings is 1. The molecule has 1 fully saturated rings. The Labute approximate surface area is 123 Å². The van der Waals surface area contributed by atoms with Gasteiger partial charge in [-0.3, -0.25) is 14.4 Å². The van der Waals surface area contributed by atoms with Crippen LogP contribution in [0.2, 0.25) is 0 Å². The van der Waals surface area contributed by atoms with E-state index in [2.05, 4.69) is 10.6 Å². The van der Waals surface area contributed by atoms with E-state index >= 15 is 0 Å². The third-order valence-electron chi connectivity index (χ3n) is 3.28. The van der Waals surface area contributed by atoms with Gasteiger partial charge in [-0.25, -0.2) is 0 Å². The summed E-state index contributed by atoms with van der Waals surface area (Å²) < 4.78 is 0. The van der Waals surface area contributed by atoms with Crippen LogP contribution < -0.4 is 15.5 Å². The third-order valence-corrected chi connectivity index (χ3v) is 3.28. The van der Waals surface area contributed by atoms with E-state index in [1.807, 2.05) is 6.07 Å². The summed E-state index contributed by atoms with van der Waals surface area (Å²) in [5.41, 5.74) is 1.25. The van der Waals surface area contributed by atoms with Gasteiger partial charge in [-0.2, -0.15) is 0 Å². The maximum Gasteiger partial charge on any atom is 0.313 e. The van der Waals surface area contributed by atoms with Crippen molar-refractivity contribution in [1.29, 1.82) is 0 Å². The number of likely N-dealkylation sites (N-methyl/N-ethyl adjacent to an activating group) is 1. The summed E-state index contributed by atoms with van der Waals surface area (Å²) in [6, 6.07) is 6.98. The maximum absolute atomic E-state index is 11.9. The van der Waals surface area contributed by atoms with Crippen molar-refractivity contribution < 1.29 is 14.4 Å². The average Bonchev–Trinajstić information content (AvgIpc) is 2.48. The molecule has 1 aliphatic rings. The second-order valence-corrected chi connectivity index (χ2v) is 4.87. The van der Waals surface area contributed by atoms with E-state index < -0.39 is 11.8 Å². The molecule has 0 bridgehead atoms. The summed E-state index contributed by atoms with van der Waals surface area (Å²) in [6.07, 6.45) is 2.44. The molecule has 0 saturated carbocycles. The normalized spacial score (nSPS) is 14.7. The molecule has 2 N–H and O–H groups in total. The molecule has 1 aliphatic heterocycles. The molecule has 6 nitrogen and oxygen atoms in total. The largest absolute Gasteiger partial charge is 0.348 e. The van der Waals surface area contributed by atoms with Gasteiger partial charge >= 0.3 is 11.8 Å². The highest BCUT2D eigenvalue weighted by Gasteiger charge is 2.20. The van der Waals surface area contributed by atoms with Gasteiger partial charge in [-0.1, -0.05) is 6.07 Å². The van der Waals surface area contributed by atoms with Crippen LogP contribution in [0, 0.1) is 0 Å². The Bertz CT molecular complexity index is 557. The van der Waals surface area contributed by atoms with E-state index in [1.54, 1.807) is 30.0 Å². The minimum Gasteiger partial charge on any atom is -0.348 e. The summed E-state index contributed by atoms with van der Waals surface area (Å²) in [5, 5.41) is 4.97. The molecule has 1 aromatic carbocycles. The van der Waals surface area contributed by atoms with E-state index in [0.29, 0.717) is 25.2 Å². The smallest absolute Gasteiger partial charge is 0.313 e. The predicted molar refractivity (Wildman–Crippen MR) is 80.0 cm³/mol. The SMILES string of the molecule is CCNC(=O)C(=O)Nc1cccc(N2CCCCC2=O)c1. The second kappa shape index (κ2) is 6.88. The number of amides is 3. The first-order valence-corrected chi connectivity index (χ1v) is 7.11. The zero-order valence-corrected chi connectivity index (χ0v) is 12.0. The van der Waals surface area contributed by atoms with Gasteiger partial charge in [0, 0.05) is 30.9 Å². The molecule has 1 heterocycles. The number of rotatable bonds is 3. The van der Waals surface area contributed by atoms with Crippen LogP contribution in [0.1, 0.15) is 26.2 Å². The molecule has 21 heavy (non-hydrogen) atoms. The molecule has 112 valence electrons. The van der Waals surface area contributed by atoms with Crippen LogP contribution in [-0.4, -0.2) is 30.8 Å². The van der Waals surface area contributed by atoms with Gasteiger partial charge in [0.15, 0.2) is 0 Å². The zero-order chi connectivity index (χ0) is 15.2. The zero-order valence-electron chi connectivity index (χ0n) is 12.0. The number of carbonyl (C=O) groups excluding carboxylic acids is 3. The summed E-state index contributed by atoms with van der Waals surface area (Å²) in [7, 11) is 0. The fourth-order valence-corrected chi connectivity index (χ4v) is 2.26. The Hall–Kier alpha value is -2.37. The molecule has 3 amide bonds. The Morgan fingerprint density at radius 2 is 2.05 bits per heavy atom. The molecule has 0 radical (unpaired) electrons. The number of hydrogen-bond donors (Lipinski definition) is 2. The van der Waals surface area contributed by atoms with Gasteiger partial charge in [-0.05, 0) is 38.0 Å². The van der Waals surface area contributed by atoms with Crippen LogP contribution in [0.5, 0.6) is 0 Å². The van der Waals surface area contributed by atoms with Crippen LogP contribution in [0.15, 0.2) is 24.3 Å². The average molecular weight is 289 g/mol. The van der Waals surface area contributed by atoms with Gasteiger partial charge in [-0.15, -0.1) is 0 Å². The van der Waals surface area contributed by atoms with Crippen LogP contribution in [0.4, 0.5) is 11.4 Å². The first-order valence-electron chi connectivity index (χ1n) is 7.11. The van der Waals surface area contributed by atoms with E-state index in [9.17, 15) is 14.4 Å². The molecule has 1 aromatic rings. The fourth-order valence-electron chi connectivity index (χ4n) is 2.26. The lowest BCUT2D eigenvalue weighted by Crippen LogP contribution is -2.36. The molecule has 0 unspecified atom stereocenters. The standard InChI is InChI=1S/C15H19N3O3/c1-2-16-14(20)15(21)17-11-6-5-7-12(10-11)18-9-4-3-8-13(18)19/h5-7,10H,2-4,8-9H2,1H3,(H,16,20)(H,17,21). The van der Waals surface area contributed by atoms with Gasteiger partial charge in [0.25, 0.3) is 0 Å². The Morgan fingerprint density at radius 1 is 1.24 bits per heavy atom. The summed E-state index contributed by atoms with van der Waals surface area (Å²) >= 11 is 0. The first-order chi connectivity index (χ1) is 10.1. The molecule has 2 rings (SSSR count). The summed E-state index contributed by atoms with van der Waals surface area (Å²) in [4.78, 5) is 36.7. The molecule has 0 spiro atoms. The number of nitrogens with zero attached hydrogens (tertiary/aromatic N) is 1. The lowest BCUT2D eigenvalue weighted by Gasteiger charge is -2.27. The number of piperidine rings is 1. The molecule has 6 heteroatoms. The molecule has 0 atom stereocenters. The Morgan fingerprint density at radius 3 is 2.76 bits per heavy atom. The van der Waals surface area contributed by atoms with Crippen molar-refractivity contribution in [2.75, 3.05) is 23.3 Å². The minimum atomic E-state index is -0.709. The Balaban J connectivity index is 2.09. The van der Waals surface area contributed by atoms with Crippen molar-refractivity contribution in [1.82, 2.24) is 5.32 Å². The van der Waals surface area contributed by atoms with Crippen LogP contribution in [-0.2, 0) is 14.4 Å². The van der Waals surface area contributed by atoms with Gasteiger partial charge < -0.3 is 15.5 Å². The van der Waals surface area contributed by atoms with Crippen molar-refractivity contribution in [3.05, 3.63) is 24.3 Å². The number of carbonyl (C=O) groups is 3. The van der Waals surface area contributed by atoms with Crippen LogP contribution in [0.25, 0.3) is 0 Å². The number of anilines is 2. The lowest BCUT2D eigenvalue weighted by molar-refractivity contribution is -0.136. The Kier molecular flexibility index (Phi) is 4.92. The maximum atomic E-state index is 11.9. The highest BCUT2D eigenvalue weighted by molar-refractivity contribution is 6.39. The van der Waals surface area contributed by atoms with E-state index in [-0.39, 0.29) is 5.91 Å². The first kappa shape index (κ1) is 15.0. The fraction of sp³-hybridized carbons (Fsp3) is 0.400. The van der Waals surface area contributed by atoms with E-state index in [1.165, 1.54) is 0 Å². The highest BCUT2D eigenvalue weighted by Crippen LogP contribution is 2.23. The topological polar surface area (TPSA) is 78.5 Å². The van der Waals surface area contributed by atoms with Crippen molar-refractivity contribution in [2.24, 2.45) is 0 Å². The number of nitrogens with one attached hydrogen (secondary N) is 2. The van der Waals surface area contributed by atoms with Crippen molar-refractivity contribution >= 4 is 29.1 Å². The third kappa shape index (κ3) is 3.81. The van der Waals surface area contributed by atoms with Crippen molar-refractivity contribution in [3.8, 4) is 0 Å². The van der Waals surface area contributed by atoms with Crippen molar-refractivity contribution in [3.63, 3.8) is 0 Å². The summed E-state index contributed by atoms with van der Waals surface area (Å²) in [6.45, 7) is 2.83. The van der Waals surface area contributed by atoms with Gasteiger partial charge in [0.05, 0.1) is 0 Å². The van der Waals surface area contributed by atoms with Crippen LogP contribution in [0.3, 0.4) is 0 Å². The minimum absolute atomic E-state index is 0.0912. The molecule has 1 saturated heterocycles. The lowest BCUT2D eigenvalue weighted by atomic mass is 10.1. The molecular formula is C15H19N3O3. The monoisotopic (exact) mass is 289 g/mol.